The molecule has 1 atom stereocenters. The first-order chi connectivity index (χ1) is 7.27. The molecule has 0 aliphatic carbocycles. The van der Waals surface area contributed by atoms with Gasteiger partial charge in [0, 0.05) is 34.7 Å². The van der Waals surface area contributed by atoms with Gasteiger partial charge in [0.2, 0.25) is 0 Å². The number of hydrogen-bond acceptors (Lipinski definition) is 4. The first-order valence-electron chi connectivity index (χ1n) is 4.65. The van der Waals surface area contributed by atoms with Crippen LogP contribution in [0.5, 0.6) is 0 Å². The van der Waals surface area contributed by atoms with Gasteiger partial charge in [-0.05, 0) is 23.7 Å². The summed E-state index contributed by atoms with van der Waals surface area (Å²) in [5.41, 5.74) is 1.02. The largest absolute Gasteiger partial charge is 0.374 e. The molecule has 2 rings (SSSR count). The van der Waals surface area contributed by atoms with Gasteiger partial charge < -0.3 is 5.32 Å². The first kappa shape index (κ1) is 10.6. The fraction of sp³-hybridized carbons (Fsp3) is 0.300. The Morgan fingerprint density at radius 2 is 2.27 bits per heavy atom. The fourth-order valence-electron chi connectivity index (χ4n) is 1.33. The van der Waals surface area contributed by atoms with E-state index in [1.807, 2.05) is 24.3 Å². The lowest BCUT2D eigenvalue weighted by atomic mass is 10.2. The molecule has 0 amide bonds. The number of fused-ring (bicyclic) bond motifs is 1. The third-order valence-corrected chi connectivity index (χ3v) is 3.67. The average Bonchev–Trinajstić information content (AvgIpc) is 2.62. The van der Waals surface area contributed by atoms with E-state index in [1.54, 1.807) is 6.26 Å². The van der Waals surface area contributed by atoms with Crippen molar-refractivity contribution in [3.63, 3.8) is 0 Å². The highest BCUT2D eigenvalue weighted by atomic mass is 32.2. The van der Waals surface area contributed by atoms with Crippen molar-refractivity contribution in [1.82, 2.24) is 4.37 Å². The number of nitrogens with zero attached hydrogens (tertiary/aromatic N) is 1. The monoisotopic (exact) mass is 240 g/mol. The van der Waals surface area contributed by atoms with Crippen molar-refractivity contribution in [3.8, 4) is 0 Å². The molecule has 3 nitrogen and oxygen atoms in total. The zero-order valence-corrected chi connectivity index (χ0v) is 10.0. The van der Waals surface area contributed by atoms with Gasteiger partial charge in [-0.3, -0.25) is 4.21 Å². The van der Waals surface area contributed by atoms with Crippen LogP contribution in [0.15, 0.2) is 24.3 Å². The molecule has 2 aromatic rings. The predicted octanol–water partition coefficient (Wildman–Crippen LogP) is 2.09. The van der Waals surface area contributed by atoms with E-state index >= 15 is 0 Å². The maximum absolute atomic E-state index is 10.9. The van der Waals surface area contributed by atoms with Crippen LogP contribution in [0.25, 0.3) is 10.9 Å². The number of benzene rings is 1. The molecule has 80 valence electrons. The lowest BCUT2D eigenvalue weighted by Gasteiger charge is -2.01. The van der Waals surface area contributed by atoms with E-state index in [0.29, 0.717) is 5.75 Å². The van der Waals surface area contributed by atoms with Crippen molar-refractivity contribution < 1.29 is 4.21 Å². The minimum atomic E-state index is -0.739. The lowest BCUT2D eigenvalue weighted by molar-refractivity contribution is 0.687. The van der Waals surface area contributed by atoms with E-state index in [1.165, 1.54) is 11.5 Å². The molecule has 1 aromatic carbocycles. The summed E-state index contributed by atoms with van der Waals surface area (Å²) in [6.07, 6.45) is 1.71. The number of rotatable bonds is 4. The number of nitrogens with one attached hydrogen (secondary N) is 1. The van der Waals surface area contributed by atoms with Gasteiger partial charge in [-0.1, -0.05) is 12.1 Å². The normalized spacial score (nSPS) is 12.9. The summed E-state index contributed by atoms with van der Waals surface area (Å²) in [6.45, 7) is 0.731. The van der Waals surface area contributed by atoms with E-state index in [-0.39, 0.29) is 0 Å². The van der Waals surface area contributed by atoms with Crippen molar-refractivity contribution in [2.24, 2.45) is 0 Å². The second kappa shape index (κ2) is 4.72. The Kier molecular flexibility index (Phi) is 3.33. The van der Waals surface area contributed by atoms with E-state index < -0.39 is 10.8 Å². The van der Waals surface area contributed by atoms with Crippen LogP contribution in [0.1, 0.15) is 0 Å². The van der Waals surface area contributed by atoms with Crippen molar-refractivity contribution in [2.45, 2.75) is 0 Å². The molecule has 15 heavy (non-hydrogen) atoms. The molecule has 0 bridgehead atoms. The van der Waals surface area contributed by atoms with Crippen molar-refractivity contribution in [1.29, 1.82) is 0 Å². The Morgan fingerprint density at radius 1 is 1.47 bits per heavy atom. The van der Waals surface area contributed by atoms with E-state index in [2.05, 4.69) is 9.69 Å². The summed E-state index contributed by atoms with van der Waals surface area (Å²) in [5, 5.41) is 5.47. The Balaban J connectivity index is 2.11. The summed E-state index contributed by atoms with van der Waals surface area (Å²) in [5.74, 6) is 0.673. The minimum absolute atomic E-state index is 0.673. The molecule has 0 spiro atoms. The van der Waals surface area contributed by atoms with Crippen LogP contribution in [-0.2, 0) is 10.8 Å². The molecule has 0 aliphatic heterocycles. The van der Waals surface area contributed by atoms with Crippen LogP contribution in [0.3, 0.4) is 0 Å². The number of anilines is 1. The lowest BCUT2D eigenvalue weighted by Crippen LogP contribution is -2.08. The third-order valence-electron chi connectivity index (χ3n) is 2.06. The van der Waals surface area contributed by atoms with Gasteiger partial charge in [-0.15, -0.1) is 0 Å². The van der Waals surface area contributed by atoms with Gasteiger partial charge in [0.05, 0.1) is 5.52 Å². The average molecular weight is 240 g/mol. The van der Waals surface area contributed by atoms with Crippen LogP contribution in [0.2, 0.25) is 0 Å². The Labute approximate surface area is 95.1 Å². The second-order valence-corrected chi connectivity index (χ2v) is 5.56. The van der Waals surface area contributed by atoms with Crippen LogP contribution >= 0.6 is 11.5 Å². The quantitative estimate of drug-likeness (QED) is 0.889. The fourth-order valence-corrected chi connectivity index (χ4v) is 2.50. The molecule has 1 N–H and O–H groups in total. The molecule has 1 heterocycles. The summed E-state index contributed by atoms with van der Waals surface area (Å²) in [4.78, 5) is 0. The third kappa shape index (κ3) is 2.54. The molecule has 0 saturated carbocycles. The molecule has 5 heteroatoms. The highest BCUT2D eigenvalue weighted by molar-refractivity contribution is 7.84. The maximum atomic E-state index is 10.9. The number of aromatic nitrogens is 1. The molecule has 1 aromatic heterocycles. The van der Waals surface area contributed by atoms with Crippen molar-refractivity contribution in [3.05, 3.63) is 24.3 Å². The van der Waals surface area contributed by atoms with Crippen LogP contribution in [0, 0.1) is 0 Å². The van der Waals surface area contributed by atoms with Crippen LogP contribution in [0.4, 0.5) is 5.00 Å². The van der Waals surface area contributed by atoms with Gasteiger partial charge in [-0.2, -0.15) is 4.37 Å². The molecular weight excluding hydrogens is 228 g/mol. The zero-order valence-electron chi connectivity index (χ0n) is 8.40. The van der Waals surface area contributed by atoms with Gasteiger partial charge in [0.1, 0.15) is 5.00 Å². The van der Waals surface area contributed by atoms with E-state index in [0.717, 1.165) is 22.4 Å². The highest BCUT2D eigenvalue weighted by Gasteiger charge is 2.03. The Morgan fingerprint density at radius 3 is 3.07 bits per heavy atom. The van der Waals surface area contributed by atoms with Gasteiger partial charge >= 0.3 is 0 Å². The Bertz CT molecular complexity index is 481. The van der Waals surface area contributed by atoms with E-state index in [4.69, 9.17) is 0 Å². The van der Waals surface area contributed by atoms with Gasteiger partial charge in [0.15, 0.2) is 0 Å². The second-order valence-electron chi connectivity index (χ2n) is 3.23. The van der Waals surface area contributed by atoms with Gasteiger partial charge in [0.25, 0.3) is 0 Å². The van der Waals surface area contributed by atoms with Gasteiger partial charge in [-0.25, -0.2) is 0 Å². The maximum Gasteiger partial charge on any atom is 0.117 e. The number of hydrogen-bond donors (Lipinski definition) is 1. The van der Waals surface area contributed by atoms with Crippen molar-refractivity contribution >= 4 is 38.2 Å². The Hall–Kier alpha value is -0.940. The van der Waals surface area contributed by atoms with Crippen LogP contribution < -0.4 is 5.32 Å². The van der Waals surface area contributed by atoms with Crippen molar-refractivity contribution in [2.75, 3.05) is 23.9 Å². The summed E-state index contributed by atoms with van der Waals surface area (Å²) < 4.78 is 15.2. The minimum Gasteiger partial charge on any atom is -0.374 e. The topological polar surface area (TPSA) is 42.0 Å². The molecule has 0 fully saturated rings. The molecule has 0 saturated heterocycles. The SMILES string of the molecule is CS(=O)CCNc1snc2ccccc12. The molecule has 1 unspecified atom stereocenters. The zero-order chi connectivity index (χ0) is 10.7. The molecule has 0 aliphatic rings. The smallest absolute Gasteiger partial charge is 0.117 e. The molecular formula is C10H12N2OS2. The standard InChI is InChI=1S/C10H12N2OS2/c1-15(13)7-6-11-10-8-4-2-3-5-9(8)12-14-10/h2-5,11H,6-7H2,1H3. The summed E-state index contributed by atoms with van der Waals surface area (Å²) >= 11 is 1.45. The predicted molar refractivity (Wildman–Crippen MR) is 67.0 cm³/mol. The summed E-state index contributed by atoms with van der Waals surface area (Å²) in [6, 6.07) is 8.02. The van der Waals surface area contributed by atoms with E-state index in [9.17, 15) is 4.21 Å². The highest BCUT2D eigenvalue weighted by Crippen LogP contribution is 2.26. The van der Waals surface area contributed by atoms with Crippen LogP contribution in [-0.4, -0.2) is 27.1 Å². The summed E-state index contributed by atoms with van der Waals surface area (Å²) in [7, 11) is -0.739. The first-order valence-corrected chi connectivity index (χ1v) is 7.16. The molecule has 0 radical (unpaired) electrons.